The molecule has 4 N–H and O–H groups in total. The molecule has 0 saturated carbocycles. The van der Waals surface area contributed by atoms with Crippen LogP contribution in [0.25, 0.3) is 0 Å². The van der Waals surface area contributed by atoms with Crippen molar-refractivity contribution < 1.29 is 4.79 Å². The van der Waals surface area contributed by atoms with Gasteiger partial charge in [0.1, 0.15) is 11.4 Å². The Labute approximate surface area is 207 Å². The normalized spacial score (nSPS) is 14.5. The molecule has 0 bridgehead atoms. The van der Waals surface area contributed by atoms with Gasteiger partial charge in [-0.2, -0.15) is 4.98 Å². The molecule has 0 unspecified atom stereocenters. The summed E-state index contributed by atoms with van der Waals surface area (Å²) in [7, 11) is 0. The molecule has 1 amide bonds. The molecule has 1 aromatic carbocycles. The highest BCUT2D eigenvalue weighted by Gasteiger charge is 2.29. The summed E-state index contributed by atoms with van der Waals surface area (Å²) in [5, 5.41) is 13.1. The van der Waals surface area contributed by atoms with Crippen molar-refractivity contribution in [2.45, 2.75) is 72.0 Å². The zero-order chi connectivity index (χ0) is 25.4. The standard InChI is InChI=1S/C27H35N7O/c1-16(2)31-24(35)20-15-29-25(33-18-8-9-21-17(12-18)14-30-27(21,6)7)34-23(20)32-19-10-11-28-22(13-19)26(3,4)5/h8-13,15-16,30H,14H2,1-7H3,(H,31,35)(H2,28,29,32,33,34). The Morgan fingerprint density at radius 2 is 1.80 bits per heavy atom. The maximum absolute atomic E-state index is 12.9. The van der Waals surface area contributed by atoms with Crippen LogP contribution in [0.1, 0.15) is 75.6 Å². The molecule has 0 spiro atoms. The van der Waals surface area contributed by atoms with E-state index in [-0.39, 0.29) is 22.9 Å². The highest BCUT2D eigenvalue weighted by atomic mass is 16.1. The van der Waals surface area contributed by atoms with Crippen LogP contribution in [0.2, 0.25) is 0 Å². The Hall–Kier alpha value is -3.52. The minimum Gasteiger partial charge on any atom is -0.350 e. The predicted molar refractivity (Wildman–Crippen MR) is 140 cm³/mol. The Balaban J connectivity index is 1.66. The summed E-state index contributed by atoms with van der Waals surface area (Å²) in [5.41, 5.74) is 5.41. The first-order valence-corrected chi connectivity index (χ1v) is 12.0. The van der Waals surface area contributed by atoms with Gasteiger partial charge in [0.25, 0.3) is 5.91 Å². The van der Waals surface area contributed by atoms with Gasteiger partial charge in [0, 0.05) is 53.0 Å². The van der Waals surface area contributed by atoms with Crippen LogP contribution in [-0.4, -0.2) is 26.9 Å². The smallest absolute Gasteiger partial charge is 0.256 e. The third kappa shape index (κ3) is 5.59. The fourth-order valence-corrected chi connectivity index (χ4v) is 4.07. The lowest BCUT2D eigenvalue weighted by molar-refractivity contribution is 0.0943. The number of hydrogen-bond donors (Lipinski definition) is 4. The Kier molecular flexibility index (Phi) is 6.51. The minimum absolute atomic E-state index is 0.00848. The van der Waals surface area contributed by atoms with Gasteiger partial charge in [-0.15, -0.1) is 0 Å². The van der Waals surface area contributed by atoms with E-state index in [4.69, 9.17) is 0 Å². The molecule has 0 atom stereocenters. The number of anilines is 4. The lowest BCUT2D eigenvalue weighted by Crippen LogP contribution is -2.31. The zero-order valence-electron chi connectivity index (χ0n) is 21.6. The van der Waals surface area contributed by atoms with Gasteiger partial charge in [0.15, 0.2) is 0 Å². The number of hydrogen-bond acceptors (Lipinski definition) is 7. The van der Waals surface area contributed by atoms with E-state index in [1.165, 1.54) is 11.1 Å². The van der Waals surface area contributed by atoms with Crippen molar-refractivity contribution in [2.24, 2.45) is 0 Å². The third-order valence-electron chi connectivity index (χ3n) is 6.00. The first-order valence-electron chi connectivity index (χ1n) is 12.0. The molecule has 2 aromatic heterocycles. The average molecular weight is 474 g/mol. The molecule has 0 radical (unpaired) electrons. The molecule has 8 nitrogen and oxygen atoms in total. The van der Waals surface area contributed by atoms with Crippen LogP contribution in [0.5, 0.6) is 0 Å². The van der Waals surface area contributed by atoms with Crippen molar-refractivity contribution in [3.8, 4) is 0 Å². The summed E-state index contributed by atoms with van der Waals surface area (Å²) < 4.78 is 0. The topological polar surface area (TPSA) is 104 Å². The van der Waals surface area contributed by atoms with E-state index in [0.29, 0.717) is 17.3 Å². The van der Waals surface area contributed by atoms with Gasteiger partial charge in [-0.25, -0.2) is 4.98 Å². The van der Waals surface area contributed by atoms with Gasteiger partial charge in [0.2, 0.25) is 5.95 Å². The molecule has 0 fully saturated rings. The van der Waals surface area contributed by atoms with Crippen LogP contribution in [0, 0.1) is 0 Å². The van der Waals surface area contributed by atoms with Gasteiger partial charge in [-0.1, -0.05) is 26.8 Å². The molecular formula is C27H35N7O. The zero-order valence-corrected chi connectivity index (χ0v) is 21.6. The fraction of sp³-hybridized carbons (Fsp3) is 0.407. The fourth-order valence-electron chi connectivity index (χ4n) is 4.07. The Morgan fingerprint density at radius 1 is 1.06 bits per heavy atom. The maximum atomic E-state index is 12.9. The second-order valence-electron chi connectivity index (χ2n) is 10.9. The highest BCUT2D eigenvalue weighted by Crippen LogP contribution is 2.33. The number of benzene rings is 1. The van der Waals surface area contributed by atoms with E-state index < -0.39 is 0 Å². The summed E-state index contributed by atoms with van der Waals surface area (Å²) in [6.07, 6.45) is 3.32. The molecule has 1 aliphatic rings. The summed E-state index contributed by atoms with van der Waals surface area (Å²) in [6, 6.07) is 10.1. The van der Waals surface area contributed by atoms with Crippen LogP contribution < -0.4 is 21.3 Å². The van der Waals surface area contributed by atoms with E-state index in [0.717, 1.165) is 23.6 Å². The molecule has 3 heterocycles. The van der Waals surface area contributed by atoms with E-state index in [1.807, 2.05) is 32.0 Å². The van der Waals surface area contributed by atoms with Crippen molar-refractivity contribution in [2.75, 3.05) is 10.6 Å². The molecule has 35 heavy (non-hydrogen) atoms. The number of pyridine rings is 1. The molecule has 184 valence electrons. The summed E-state index contributed by atoms with van der Waals surface area (Å²) in [4.78, 5) is 26.5. The SMILES string of the molecule is CC(C)NC(=O)c1cnc(Nc2ccc3c(c2)CNC3(C)C)nc1Nc1ccnc(C(C)(C)C)c1. The number of carbonyl (C=O) groups excluding carboxylic acids is 1. The van der Waals surface area contributed by atoms with Gasteiger partial charge in [-0.3, -0.25) is 9.78 Å². The average Bonchev–Trinajstić information content (AvgIpc) is 3.07. The number of amides is 1. The van der Waals surface area contributed by atoms with Gasteiger partial charge in [0.05, 0.1) is 0 Å². The lowest BCUT2D eigenvalue weighted by atomic mass is 9.91. The van der Waals surface area contributed by atoms with Crippen molar-refractivity contribution in [3.05, 3.63) is 65.1 Å². The number of nitrogens with zero attached hydrogens (tertiary/aromatic N) is 3. The summed E-state index contributed by atoms with van der Waals surface area (Å²) >= 11 is 0. The lowest BCUT2D eigenvalue weighted by Gasteiger charge is -2.20. The van der Waals surface area contributed by atoms with Crippen LogP contribution in [0.3, 0.4) is 0 Å². The minimum atomic E-state index is -0.231. The second kappa shape index (κ2) is 9.26. The molecule has 0 aliphatic carbocycles. The van der Waals surface area contributed by atoms with E-state index >= 15 is 0 Å². The number of rotatable bonds is 6. The van der Waals surface area contributed by atoms with Crippen LogP contribution >= 0.6 is 0 Å². The molecule has 1 aliphatic heterocycles. The molecule has 4 rings (SSSR count). The predicted octanol–water partition coefficient (Wildman–Crippen LogP) is 5.13. The van der Waals surface area contributed by atoms with Crippen LogP contribution in [0.4, 0.5) is 23.1 Å². The highest BCUT2D eigenvalue weighted by molar-refractivity contribution is 5.99. The van der Waals surface area contributed by atoms with Gasteiger partial charge in [-0.05, 0) is 63.1 Å². The van der Waals surface area contributed by atoms with Crippen LogP contribution in [-0.2, 0) is 17.5 Å². The second-order valence-corrected chi connectivity index (χ2v) is 10.9. The van der Waals surface area contributed by atoms with Crippen molar-refractivity contribution >= 4 is 29.0 Å². The van der Waals surface area contributed by atoms with Gasteiger partial charge >= 0.3 is 0 Å². The maximum Gasteiger partial charge on any atom is 0.256 e. The molecule has 3 aromatic rings. The Bertz CT molecular complexity index is 1240. The largest absolute Gasteiger partial charge is 0.350 e. The molecule has 8 heteroatoms. The van der Waals surface area contributed by atoms with Crippen molar-refractivity contribution in [1.29, 1.82) is 0 Å². The molecule has 0 saturated heterocycles. The van der Waals surface area contributed by atoms with Crippen LogP contribution in [0.15, 0.2) is 42.7 Å². The number of fused-ring (bicyclic) bond motifs is 1. The number of nitrogens with one attached hydrogen (secondary N) is 4. The summed E-state index contributed by atoms with van der Waals surface area (Å²) in [5.74, 6) is 0.601. The monoisotopic (exact) mass is 473 g/mol. The van der Waals surface area contributed by atoms with E-state index in [1.54, 1.807) is 12.4 Å². The Morgan fingerprint density at radius 3 is 2.51 bits per heavy atom. The summed E-state index contributed by atoms with van der Waals surface area (Å²) in [6.45, 7) is 15.4. The van der Waals surface area contributed by atoms with E-state index in [9.17, 15) is 4.79 Å². The first-order chi connectivity index (χ1) is 16.4. The van der Waals surface area contributed by atoms with E-state index in [2.05, 4.69) is 83.0 Å². The van der Waals surface area contributed by atoms with Gasteiger partial charge < -0.3 is 21.3 Å². The quantitative estimate of drug-likeness (QED) is 0.393. The number of aromatic nitrogens is 3. The van der Waals surface area contributed by atoms with Crippen molar-refractivity contribution in [3.63, 3.8) is 0 Å². The third-order valence-corrected chi connectivity index (χ3v) is 6.00. The first kappa shape index (κ1) is 24.6. The number of carbonyl (C=O) groups is 1. The molecular weight excluding hydrogens is 438 g/mol. The van der Waals surface area contributed by atoms with Crippen molar-refractivity contribution in [1.82, 2.24) is 25.6 Å².